The summed E-state index contributed by atoms with van der Waals surface area (Å²) in [6.07, 6.45) is 1.63. The van der Waals surface area contributed by atoms with Gasteiger partial charge in [0.2, 0.25) is 5.91 Å². The van der Waals surface area contributed by atoms with Crippen LogP contribution in [0.1, 0.15) is 22.2 Å². The maximum absolute atomic E-state index is 12.7. The van der Waals surface area contributed by atoms with Crippen molar-refractivity contribution in [3.8, 4) is 10.6 Å². The molecule has 4 rings (SSSR count). The van der Waals surface area contributed by atoms with E-state index in [-0.39, 0.29) is 11.8 Å². The van der Waals surface area contributed by atoms with Gasteiger partial charge in [-0.3, -0.25) is 19.9 Å². The minimum absolute atomic E-state index is 0.0581. The number of pyridine rings is 1. The molecule has 2 amide bonds. The quantitative estimate of drug-likeness (QED) is 0.515. The number of benzene rings is 1. The minimum Gasteiger partial charge on any atom is -0.351 e. The van der Waals surface area contributed by atoms with E-state index in [4.69, 9.17) is 0 Å². The predicted octanol–water partition coefficient (Wildman–Crippen LogP) is 4.31. The fourth-order valence-electron chi connectivity index (χ4n) is 2.72. The normalized spacial score (nSPS) is 10.8. The number of thiophene rings is 1. The van der Waals surface area contributed by atoms with Gasteiger partial charge in [0.05, 0.1) is 28.2 Å². The van der Waals surface area contributed by atoms with E-state index < -0.39 is 0 Å². The number of anilines is 1. The van der Waals surface area contributed by atoms with E-state index in [0.29, 0.717) is 17.2 Å². The molecule has 0 atom stereocenters. The minimum atomic E-state index is -0.211. The largest absolute Gasteiger partial charge is 0.351 e. The first-order valence-electron chi connectivity index (χ1n) is 8.54. The molecular formula is C20H16N4O2S2. The Morgan fingerprint density at radius 3 is 2.82 bits per heavy atom. The third-order valence-corrected chi connectivity index (χ3v) is 5.91. The Labute approximate surface area is 169 Å². The number of carbonyl (C=O) groups is 2. The Morgan fingerprint density at radius 1 is 1.11 bits per heavy atom. The van der Waals surface area contributed by atoms with Gasteiger partial charge in [0.25, 0.3) is 5.91 Å². The lowest BCUT2D eigenvalue weighted by molar-refractivity contribution is -0.119. The fraction of sp³-hybridized carbons (Fsp3) is 0.100. The van der Waals surface area contributed by atoms with Crippen LogP contribution in [0.4, 0.5) is 5.13 Å². The number of nitrogens with one attached hydrogen (secondary N) is 2. The van der Waals surface area contributed by atoms with E-state index in [2.05, 4.69) is 20.6 Å². The number of thiazole rings is 1. The van der Waals surface area contributed by atoms with Crippen molar-refractivity contribution in [1.29, 1.82) is 0 Å². The molecule has 2 N–H and O–H groups in total. The number of carbonyl (C=O) groups excluding carboxylic acids is 2. The van der Waals surface area contributed by atoms with Crippen molar-refractivity contribution in [2.75, 3.05) is 5.32 Å². The summed E-state index contributed by atoms with van der Waals surface area (Å²) < 4.78 is 0. The molecular weight excluding hydrogens is 392 g/mol. The predicted molar refractivity (Wildman–Crippen MR) is 113 cm³/mol. The van der Waals surface area contributed by atoms with E-state index in [0.717, 1.165) is 26.4 Å². The molecule has 0 bridgehead atoms. The molecule has 0 unspecified atom stereocenters. The van der Waals surface area contributed by atoms with Crippen LogP contribution in [0.3, 0.4) is 0 Å². The Bertz CT molecular complexity index is 1160. The first-order chi connectivity index (χ1) is 13.6. The monoisotopic (exact) mass is 408 g/mol. The maximum atomic E-state index is 12.7. The SMILES string of the molecule is CC(=O)NCc1ccc(-c2csc(NC(=O)c3ccnc4ccccc34)n2)s1. The summed E-state index contributed by atoms with van der Waals surface area (Å²) in [4.78, 5) is 34.6. The summed E-state index contributed by atoms with van der Waals surface area (Å²) >= 11 is 2.95. The number of hydrogen-bond donors (Lipinski definition) is 2. The highest BCUT2D eigenvalue weighted by atomic mass is 32.1. The lowest BCUT2D eigenvalue weighted by Gasteiger charge is -2.05. The van der Waals surface area contributed by atoms with Crippen molar-refractivity contribution in [2.45, 2.75) is 13.5 Å². The lowest BCUT2D eigenvalue weighted by Crippen LogP contribution is -2.17. The van der Waals surface area contributed by atoms with E-state index in [9.17, 15) is 9.59 Å². The number of fused-ring (bicyclic) bond motifs is 1. The van der Waals surface area contributed by atoms with E-state index >= 15 is 0 Å². The second-order valence-electron chi connectivity index (χ2n) is 6.04. The standard InChI is InChI=1S/C20H16N4O2S2/c1-12(25)22-10-13-6-7-18(28-13)17-11-27-20(23-17)24-19(26)15-8-9-21-16-5-3-2-4-14(15)16/h2-9,11H,10H2,1H3,(H,22,25)(H,23,24,26). The molecule has 0 spiro atoms. The van der Waals surface area contributed by atoms with Crippen LogP contribution in [0.15, 0.2) is 54.0 Å². The number of rotatable bonds is 5. The van der Waals surface area contributed by atoms with Gasteiger partial charge in [-0.1, -0.05) is 18.2 Å². The topological polar surface area (TPSA) is 84.0 Å². The van der Waals surface area contributed by atoms with Crippen LogP contribution in [-0.4, -0.2) is 21.8 Å². The molecule has 140 valence electrons. The molecule has 0 saturated heterocycles. The van der Waals surface area contributed by atoms with Crippen molar-refractivity contribution in [3.05, 3.63) is 64.5 Å². The molecule has 0 aliphatic heterocycles. The molecule has 28 heavy (non-hydrogen) atoms. The summed E-state index contributed by atoms with van der Waals surface area (Å²) in [6.45, 7) is 2.00. The van der Waals surface area contributed by atoms with Crippen molar-refractivity contribution in [3.63, 3.8) is 0 Å². The van der Waals surface area contributed by atoms with Crippen LogP contribution in [-0.2, 0) is 11.3 Å². The van der Waals surface area contributed by atoms with Gasteiger partial charge in [0.15, 0.2) is 5.13 Å². The number of aromatic nitrogens is 2. The van der Waals surface area contributed by atoms with Crippen LogP contribution in [0.25, 0.3) is 21.5 Å². The lowest BCUT2D eigenvalue weighted by atomic mass is 10.1. The Morgan fingerprint density at radius 2 is 1.96 bits per heavy atom. The highest BCUT2D eigenvalue weighted by molar-refractivity contribution is 7.17. The molecule has 4 aromatic rings. The Hall–Kier alpha value is -3.10. The van der Waals surface area contributed by atoms with Crippen molar-refractivity contribution in [2.24, 2.45) is 0 Å². The van der Waals surface area contributed by atoms with Crippen LogP contribution >= 0.6 is 22.7 Å². The van der Waals surface area contributed by atoms with Crippen LogP contribution in [0.2, 0.25) is 0 Å². The van der Waals surface area contributed by atoms with E-state index in [1.807, 2.05) is 41.8 Å². The Balaban J connectivity index is 1.50. The first kappa shape index (κ1) is 18.3. The summed E-state index contributed by atoms with van der Waals surface area (Å²) in [5, 5.41) is 8.91. The number of hydrogen-bond acceptors (Lipinski definition) is 6. The van der Waals surface area contributed by atoms with Crippen molar-refractivity contribution >= 4 is 50.5 Å². The first-order valence-corrected chi connectivity index (χ1v) is 10.2. The van der Waals surface area contributed by atoms with Crippen LogP contribution in [0.5, 0.6) is 0 Å². The number of amides is 2. The number of nitrogens with zero attached hydrogens (tertiary/aromatic N) is 2. The second kappa shape index (κ2) is 7.87. The summed E-state index contributed by atoms with van der Waals surface area (Å²) in [7, 11) is 0. The van der Waals surface area contributed by atoms with Crippen LogP contribution < -0.4 is 10.6 Å². The highest BCUT2D eigenvalue weighted by Crippen LogP contribution is 2.31. The zero-order valence-corrected chi connectivity index (χ0v) is 16.6. The fourth-order valence-corrected chi connectivity index (χ4v) is 4.41. The third kappa shape index (κ3) is 3.92. The van der Waals surface area contributed by atoms with Gasteiger partial charge in [0, 0.05) is 28.8 Å². The van der Waals surface area contributed by atoms with Crippen molar-refractivity contribution < 1.29 is 9.59 Å². The molecule has 8 heteroatoms. The molecule has 0 saturated carbocycles. The molecule has 3 aromatic heterocycles. The highest BCUT2D eigenvalue weighted by Gasteiger charge is 2.14. The zero-order chi connectivity index (χ0) is 19.5. The van der Waals surface area contributed by atoms with Crippen molar-refractivity contribution in [1.82, 2.24) is 15.3 Å². The van der Waals surface area contributed by atoms with Gasteiger partial charge in [-0.25, -0.2) is 4.98 Å². The maximum Gasteiger partial charge on any atom is 0.258 e. The van der Waals surface area contributed by atoms with E-state index in [1.54, 1.807) is 23.6 Å². The summed E-state index contributed by atoms with van der Waals surface area (Å²) in [6, 6.07) is 13.2. The van der Waals surface area contributed by atoms with Gasteiger partial charge in [-0.05, 0) is 24.3 Å². The van der Waals surface area contributed by atoms with Gasteiger partial charge in [-0.2, -0.15) is 0 Å². The van der Waals surface area contributed by atoms with E-state index in [1.165, 1.54) is 18.3 Å². The average molecular weight is 409 g/mol. The summed E-state index contributed by atoms with van der Waals surface area (Å²) in [5.41, 5.74) is 2.15. The molecule has 0 aliphatic rings. The van der Waals surface area contributed by atoms with Gasteiger partial charge < -0.3 is 5.32 Å². The van der Waals surface area contributed by atoms with Gasteiger partial charge in [-0.15, -0.1) is 22.7 Å². The molecule has 0 radical (unpaired) electrons. The van der Waals surface area contributed by atoms with Gasteiger partial charge >= 0.3 is 0 Å². The Kier molecular flexibility index (Phi) is 5.14. The van der Waals surface area contributed by atoms with Crippen LogP contribution in [0, 0.1) is 0 Å². The molecule has 6 nitrogen and oxygen atoms in total. The molecule has 3 heterocycles. The van der Waals surface area contributed by atoms with Gasteiger partial charge in [0.1, 0.15) is 0 Å². The molecule has 0 aliphatic carbocycles. The average Bonchev–Trinajstić information content (AvgIpc) is 3.35. The zero-order valence-electron chi connectivity index (χ0n) is 14.9. The smallest absolute Gasteiger partial charge is 0.258 e. The summed E-state index contributed by atoms with van der Waals surface area (Å²) in [5.74, 6) is -0.269. The second-order valence-corrected chi connectivity index (χ2v) is 8.07. The molecule has 0 fully saturated rings. The third-order valence-electron chi connectivity index (χ3n) is 4.04. The molecule has 1 aromatic carbocycles. The number of para-hydroxylation sites is 1.